The first-order valence-corrected chi connectivity index (χ1v) is 7.88. The number of anilines is 1. The summed E-state index contributed by atoms with van der Waals surface area (Å²) in [5.74, 6) is 0.960. The lowest BCUT2D eigenvalue weighted by molar-refractivity contribution is 0.503. The zero-order valence-corrected chi connectivity index (χ0v) is 13.5. The molecule has 0 fully saturated rings. The minimum Gasteiger partial charge on any atom is -0.467 e. The molecule has 2 rings (SSSR count). The Morgan fingerprint density at radius 1 is 1.24 bits per heavy atom. The second-order valence-corrected chi connectivity index (χ2v) is 5.45. The normalized spacial score (nSPS) is 10.8. The van der Waals surface area contributed by atoms with Crippen molar-refractivity contribution in [1.29, 1.82) is 0 Å². The van der Waals surface area contributed by atoms with Gasteiger partial charge >= 0.3 is 0 Å². The van der Waals surface area contributed by atoms with Gasteiger partial charge in [0.25, 0.3) is 0 Å². The zero-order valence-electron chi connectivity index (χ0n) is 12.7. The van der Waals surface area contributed by atoms with Gasteiger partial charge in [0, 0.05) is 23.8 Å². The first-order chi connectivity index (χ1) is 10.2. The van der Waals surface area contributed by atoms with Crippen molar-refractivity contribution in [3.8, 4) is 0 Å². The van der Waals surface area contributed by atoms with Gasteiger partial charge in [0.05, 0.1) is 12.8 Å². The third kappa shape index (κ3) is 4.51. The number of furan rings is 1. The van der Waals surface area contributed by atoms with Crippen molar-refractivity contribution in [2.45, 2.75) is 33.4 Å². The Bertz CT molecular complexity index is 540. The predicted octanol–water partition coefficient (Wildman–Crippen LogP) is 4.46. The summed E-state index contributed by atoms with van der Waals surface area (Å²) in [6.07, 6.45) is 2.83. The van der Waals surface area contributed by atoms with Gasteiger partial charge in [-0.25, -0.2) is 0 Å². The lowest BCUT2D eigenvalue weighted by Crippen LogP contribution is -2.22. The highest BCUT2D eigenvalue weighted by Crippen LogP contribution is 2.25. The smallest absolute Gasteiger partial charge is 0.123 e. The van der Waals surface area contributed by atoms with Crippen molar-refractivity contribution < 1.29 is 4.42 Å². The van der Waals surface area contributed by atoms with Crippen molar-refractivity contribution in [2.75, 3.05) is 18.0 Å². The summed E-state index contributed by atoms with van der Waals surface area (Å²) in [7, 11) is 0. The van der Waals surface area contributed by atoms with Gasteiger partial charge in [-0.05, 0) is 49.7 Å². The van der Waals surface area contributed by atoms with Crippen LogP contribution in [0.4, 0.5) is 5.69 Å². The zero-order chi connectivity index (χ0) is 15.1. The van der Waals surface area contributed by atoms with Crippen LogP contribution in [-0.4, -0.2) is 13.1 Å². The van der Waals surface area contributed by atoms with Crippen LogP contribution in [0.1, 0.15) is 31.6 Å². The van der Waals surface area contributed by atoms with Crippen LogP contribution in [0.25, 0.3) is 0 Å². The van der Waals surface area contributed by atoms with Gasteiger partial charge < -0.3 is 14.6 Å². The first kappa shape index (κ1) is 15.9. The maximum Gasteiger partial charge on any atom is 0.123 e. The average molecular weight is 307 g/mol. The lowest BCUT2D eigenvalue weighted by Gasteiger charge is -2.22. The van der Waals surface area contributed by atoms with E-state index in [1.165, 1.54) is 0 Å². The molecule has 1 heterocycles. The highest BCUT2D eigenvalue weighted by molar-refractivity contribution is 6.31. The summed E-state index contributed by atoms with van der Waals surface area (Å²) in [6, 6.07) is 10.2. The maximum atomic E-state index is 6.40. The molecule has 3 nitrogen and oxygen atoms in total. The summed E-state index contributed by atoms with van der Waals surface area (Å²) < 4.78 is 5.42. The number of halogens is 1. The predicted molar refractivity (Wildman–Crippen MR) is 88.9 cm³/mol. The Balaban J connectivity index is 2.06. The van der Waals surface area contributed by atoms with E-state index in [0.29, 0.717) is 0 Å². The highest BCUT2D eigenvalue weighted by Gasteiger charge is 2.09. The number of nitrogens with one attached hydrogen (secondary N) is 1. The van der Waals surface area contributed by atoms with E-state index in [4.69, 9.17) is 16.0 Å². The van der Waals surface area contributed by atoms with Crippen LogP contribution in [0.5, 0.6) is 0 Å². The molecule has 0 aliphatic heterocycles. The van der Waals surface area contributed by atoms with Crippen LogP contribution in [-0.2, 0) is 13.1 Å². The number of nitrogens with zero attached hydrogens (tertiary/aromatic N) is 1. The summed E-state index contributed by atoms with van der Waals surface area (Å²) in [4.78, 5) is 2.24. The fourth-order valence-corrected chi connectivity index (χ4v) is 2.49. The van der Waals surface area contributed by atoms with Crippen LogP contribution in [0.3, 0.4) is 0 Å². The summed E-state index contributed by atoms with van der Waals surface area (Å²) in [5.41, 5.74) is 2.26. The Morgan fingerprint density at radius 2 is 2.10 bits per heavy atom. The van der Waals surface area contributed by atoms with Crippen LogP contribution < -0.4 is 10.2 Å². The van der Waals surface area contributed by atoms with Gasteiger partial charge in [-0.15, -0.1) is 0 Å². The lowest BCUT2D eigenvalue weighted by atomic mass is 10.2. The molecule has 0 atom stereocenters. The molecule has 21 heavy (non-hydrogen) atoms. The van der Waals surface area contributed by atoms with Crippen LogP contribution >= 0.6 is 11.6 Å². The van der Waals surface area contributed by atoms with Gasteiger partial charge in [0.15, 0.2) is 0 Å². The monoisotopic (exact) mass is 306 g/mol. The van der Waals surface area contributed by atoms with Gasteiger partial charge in [0.1, 0.15) is 5.76 Å². The van der Waals surface area contributed by atoms with E-state index in [-0.39, 0.29) is 0 Å². The Kier molecular flexibility index (Phi) is 6.15. The maximum absolute atomic E-state index is 6.40. The van der Waals surface area contributed by atoms with Gasteiger partial charge in [-0.3, -0.25) is 0 Å². The molecule has 0 spiro atoms. The fraction of sp³-hybridized carbons (Fsp3) is 0.412. The van der Waals surface area contributed by atoms with Gasteiger partial charge in [-0.2, -0.15) is 0 Å². The van der Waals surface area contributed by atoms with E-state index in [2.05, 4.69) is 36.2 Å². The quantitative estimate of drug-likeness (QED) is 0.730. The summed E-state index contributed by atoms with van der Waals surface area (Å²) in [5, 5.41) is 4.19. The average Bonchev–Trinajstić information content (AvgIpc) is 2.99. The molecule has 0 radical (unpaired) electrons. The van der Waals surface area contributed by atoms with Crippen molar-refractivity contribution in [2.24, 2.45) is 0 Å². The van der Waals surface area contributed by atoms with E-state index in [9.17, 15) is 0 Å². The molecular weight excluding hydrogens is 284 g/mol. The SMILES string of the molecule is CCCNCc1ccc(N(CC)Cc2ccco2)cc1Cl. The highest BCUT2D eigenvalue weighted by atomic mass is 35.5. The van der Waals surface area contributed by atoms with Crippen LogP contribution in [0.2, 0.25) is 5.02 Å². The molecule has 0 unspecified atom stereocenters. The van der Waals surface area contributed by atoms with Crippen LogP contribution in [0, 0.1) is 0 Å². The van der Waals surface area contributed by atoms with Gasteiger partial charge in [0.2, 0.25) is 0 Å². The van der Waals surface area contributed by atoms with Crippen molar-refractivity contribution >= 4 is 17.3 Å². The molecule has 0 amide bonds. The third-order valence-electron chi connectivity index (χ3n) is 3.45. The first-order valence-electron chi connectivity index (χ1n) is 7.51. The summed E-state index contributed by atoms with van der Waals surface area (Å²) >= 11 is 6.40. The standard InChI is InChI=1S/C17H23ClN2O/c1-3-9-19-12-14-7-8-15(11-17(14)18)20(4-2)13-16-6-5-10-21-16/h5-8,10-11,19H,3-4,9,12-13H2,1-2H3. The second-order valence-electron chi connectivity index (χ2n) is 5.05. The Labute approximate surface area is 131 Å². The van der Waals surface area contributed by atoms with E-state index in [1.807, 2.05) is 18.2 Å². The van der Waals surface area contributed by atoms with E-state index in [1.54, 1.807) is 6.26 Å². The topological polar surface area (TPSA) is 28.4 Å². The van der Waals surface area contributed by atoms with Gasteiger partial charge in [-0.1, -0.05) is 24.6 Å². The molecule has 1 aromatic carbocycles. The largest absolute Gasteiger partial charge is 0.467 e. The van der Waals surface area contributed by atoms with Crippen molar-refractivity contribution in [3.63, 3.8) is 0 Å². The van der Waals surface area contributed by atoms with Crippen LogP contribution in [0.15, 0.2) is 41.0 Å². The van der Waals surface area contributed by atoms with E-state index in [0.717, 1.165) is 54.6 Å². The molecule has 114 valence electrons. The number of rotatable bonds is 8. The fourth-order valence-electron chi connectivity index (χ4n) is 2.25. The number of hydrogen-bond donors (Lipinski definition) is 1. The van der Waals surface area contributed by atoms with Crippen molar-refractivity contribution in [1.82, 2.24) is 5.32 Å². The minimum atomic E-state index is 0.757. The number of benzene rings is 1. The molecule has 0 saturated carbocycles. The van der Waals surface area contributed by atoms with Crippen molar-refractivity contribution in [3.05, 3.63) is 52.9 Å². The Morgan fingerprint density at radius 3 is 2.71 bits per heavy atom. The molecular formula is C17H23ClN2O. The molecule has 0 aliphatic rings. The minimum absolute atomic E-state index is 0.757. The second kappa shape index (κ2) is 8.11. The Hall–Kier alpha value is -1.45. The number of hydrogen-bond acceptors (Lipinski definition) is 3. The summed E-state index contributed by atoms with van der Waals surface area (Å²) in [6.45, 7) is 7.78. The molecule has 1 N–H and O–H groups in total. The molecule has 0 bridgehead atoms. The molecule has 1 aromatic heterocycles. The molecule has 0 aliphatic carbocycles. The van der Waals surface area contributed by atoms with E-state index >= 15 is 0 Å². The van der Waals surface area contributed by atoms with E-state index < -0.39 is 0 Å². The molecule has 0 saturated heterocycles. The molecule has 4 heteroatoms. The molecule has 2 aromatic rings. The third-order valence-corrected chi connectivity index (χ3v) is 3.80.